The molecule has 3 aromatic heterocycles. The second kappa shape index (κ2) is 6.84. The summed E-state index contributed by atoms with van der Waals surface area (Å²) in [5.41, 5.74) is 3.24. The van der Waals surface area contributed by atoms with E-state index in [1.54, 1.807) is 6.07 Å². The number of urea groups is 1. The summed E-state index contributed by atoms with van der Waals surface area (Å²) >= 11 is 0. The van der Waals surface area contributed by atoms with E-state index in [-0.39, 0.29) is 11.4 Å². The Balaban J connectivity index is 1.42. The molecular formula is C21H21N5O2. The number of nitrogens with zero attached hydrogens (tertiary/aromatic N) is 3. The summed E-state index contributed by atoms with van der Waals surface area (Å²) in [6.07, 6.45) is 3.93. The lowest BCUT2D eigenvalue weighted by molar-refractivity contribution is 0.262. The van der Waals surface area contributed by atoms with Crippen LogP contribution in [0.4, 0.5) is 16.3 Å². The molecule has 0 fully saturated rings. The van der Waals surface area contributed by atoms with Gasteiger partial charge in [0.1, 0.15) is 11.4 Å². The number of rotatable bonds is 3. The van der Waals surface area contributed by atoms with Gasteiger partial charge in [0.05, 0.1) is 5.69 Å². The Bertz CT molecular complexity index is 1090. The number of pyridine rings is 1. The van der Waals surface area contributed by atoms with Gasteiger partial charge in [-0.25, -0.2) is 9.78 Å². The molecule has 0 aliphatic rings. The number of fused-ring (bicyclic) bond motifs is 1. The van der Waals surface area contributed by atoms with Crippen molar-refractivity contribution in [1.82, 2.24) is 14.5 Å². The molecule has 0 aliphatic carbocycles. The van der Waals surface area contributed by atoms with Crippen molar-refractivity contribution in [2.75, 3.05) is 10.6 Å². The van der Waals surface area contributed by atoms with Crippen LogP contribution >= 0.6 is 0 Å². The van der Waals surface area contributed by atoms with Crippen LogP contribution in [0.25, 0.3) is 16.9 Å². The maximum absolute atomic E-state index is 12.2. The number of imidazole rings is 1. The van der Waals surface area contributed by atoms with Gasteiger partial charge in [0.2, 0.25) is 0 Å². The SMILES string of the molecule is CC(C)(C)c1cc(NC(=O)Nc2ccc(-c3cn4ccccc4n3)cc2)no1. The minimum atomic E-state index is -0.380. The Morgan fingerprint density at radius 1 is 1.07 bits per heavy atom. The summed E-state index contributed by atoms with van der Waals surface area (Å²) in [5.74, 6) is 1.09. The van der Waals surface area contributed by atoms with Crippen LogP contribution in [0.1, 0.15) is 26.5 Å². The molecule has 0 bridgehead atoms. The maximum atomic E-state index is 12.2. The van der Waals surface area contributed by atoms with Crippen LogP contribution in [0, 0.1) is 0 Å². The molecule has 0 aliphatic heterocycles. The predicted octanol–water partition coefficient (Wildman–Crippen LogP) is 4.93. The molecule has 0 atom stereocenters. The quantitative estimate of drug-likeness (QED) is 0.532. The lowest BCUT2D eigenvalue weighted by Crippen LogP contribution is -2.19. The fourth-order valence-corrected chi connectivity index (χ4v) is 2.76. The molecule has 2 N–H and O–H groups in total. The molecule has 0 radical (unpaired) electrons. The third-order valence-electron chi connectivity index (χ3n) is 4.29. The molecule has 28 heavy (non-hydrogen) atoms. The zero-order valence-corrected chi connectivity index (χ0v) is 15.9. The second-order valence-electron chi connectivity index (χ2n) is 7.58. The van der Waals surface area contributed by atoms with Gasteiger partial charge in [0, 0.05) is 35.1 Å². The molecule has 1 aromatic carbocycles. The fraction of sp³-hybridized carbons (Fsp3) is 0.190. The van der Waals surface area contributed by atoms with Crippen LogP contribution in [0.5, 0.6) is 0 Å². The van der Waals surface area contributed by atoms with Crippen molar-refractivity contribution in [3.8, 4) is 11.3 Å². The summed E-state index contributed by atoms with van der Waals surface area (Å²) in [5, 5.41) is 9.34. The standard InChI is InChI=1S/C21H21N5O2/c1-21(2,3)17-12-18(25-28-17)24-20(27)22-15-9-7-14(8-10-15)16-13-26-11-5-4-6-19(26)23-16/h4-13H,1-3H3,(H2,22,24,25,27). The molecular weight excluding hydrogens is 354 g/mol. The van der Waals surface area contributed by atoms with E-state index >= 15 is 0 Å². The van der Waals surface area contributed by atoms with E-state index in [9.17, 15) is 4.79 Å². The van der Waals surface area contributed by atoms with E-state index in [0.29, 0.717) is 17.3 Å². The zero-order chi connectivity index (χ0) is 19.7. The van der Waals surface area contributed by atoms with Gasteiger partial charge in [0.25, 0.3) is 0 Å². The van der Waals surface area contributed by atoms with Gasteiger partial charge in [-0.15, -0.1) is 0 Å². The molecule has 4 aromatic rings. The van der Waals surface area contributed by atoms with Crippen molar-refractivity contribution in [3.05, 3.63) is 66.7 Å². The van der Waals surface area contributed by atoms with Crippen LogP contribution in [0.3, 0.4) is 0 Å². The summed E-state index contributed by atoms with van der Waals surface area (Å²) in [6, 6.07) is 14.7. The molecule has 0 spiro atoms. The van der Waals surface area contributed by atoms with Gasteiger partial charge < -0.3 is 14.2 Å². The minimum Gasteiger partial charge on any atom is -0.359 e. The second-order valence-corrected chi connectivity index (χ2v) is 7.58. The maximum Gasteiger partial charge on any atom is 0.324 e. The smallest absolute Gasteiger partial charge is 0.324 e. The van der Waals surface area contributed by atoms with Crippen molar-refractivity contribution in [2.24, 2.45) is 0 Å². The fourth-order valence-electron chi connectivity index (χ4n) is 2.76. The number of hydrogen-bond donors (Lipinski definition) is 2. The van der Waals surface area contributed by atoms with E-state index in [0.717, 1.165) is 16.9 Å². The highest BCUT2D eigenvalue weighted by molar-refractivity contribution is 5.99. The zero-order valence-electron chi connectivity index (χ0n) is 15.9. The lowest BCUT2D eigenvalue weighted by Gasteiger charge is -2.12. The summed E-state index contributed by atoms with van der Waals surface area (Å²) < 4.78 is 7.24. The molecule has 7 nitrogen and oxygen atoms in total. The Hall–Kier alpha value is -3.61. The molecule has 7 heteroatoms. The third kappa shape index (κ3) is 3.73. The monoisotopic (exact) mass is 375 g/mol. The number of carbonyl (C=O) groups is 1. The van der Waals surface area contributed by atoms with E-state index in [1.165, 1.54) is 0 Å². The average molecular weight is 375 g/mol. The van der Waals surface area contributed by atoms with Crippen LogP contribution in [-0.4, -0.2) is 20.6 Å². The van der Waals surface area contributed by atoms with Gasteiger partial charge in [-0.05, 0) is 24.3 Å². The number of benzene rings is 1. The van der Waals surface area contributed by atoms with Crippen LogP contribution in [0.2, 0.25) is 0 Å². The molecule has 4 rings (SSSR count). The van der Waals surface area contributed by atoms with Crippen LogP contribution < -0.4 is 10.6 Å². The highest BCUT2D eigenvalue weighted by Gasteiger charge is 2.20. The van der Waals surface area contributed by atoms with Crippen molar-refractivity contribution in [3.63, 3.8) is 0 Å². The Morgan fingerprint density at radius 2 is 1.86 bits per heavy atom. The number of hydrogen-bond acceptors (Lipinski definition) is 4. The minimum absolute atomic E-state index is 0.169. The molecule has 142 valence electrons. The van der Waals surface area contributed by atoms with Gasteiger partial charge in [-0.1, -0.05) is 44.1 Å². The summed E-state index contributed by atoms with van der Waals surface area (Å²) in [4.78, 5) is 16.8. The van der Waals surface area contributed by atoms with E-state index < -0.39 is 0 Å². The lowest BCUT2D eigenvalue weighted by atomic mass is 9.93. The first-order chi connectivity index (χ1) is 13.4. The first kappa shape index (κ1) is 17.8. The summed E-state index contributed by atoms with van der Waals surface area (Å²) in [7, 11) is 0. The third-order valence-corrected chi connectivity index (χ3v) is 4.29. The summed E-state index contributed by atoms with van der Waals surface area (Å²) in [6.45, 7) is 6.05. The van der Waals surface area contributed by atoms with Crippen LogP contribution in [-0.2, 0) is 5.41 Å². The molecule has 3 heterocycles. The number of anilines is 2. The van der Waals surface area contributed by atoms with Crippen molar-refractivity contribution in [2.45, 2.75) is 26.2 Å². The number of carbonyl (C=O) groups excluding carboxylic acids is 1. The number of amides is 2. The van der Waals surface area contributed by atoms with Gasteiger partial charge in [-0.3, -0.25) is 5.32 Å². The van der Waals surface area contributed by atoms with Gasteiger partial charge in [0.15, 0.2) is 5.82 Å². The van der Waals surface area contributed by atoms with Gasteiger partial charge in [-0.2, -0.15) is 0 Å². The van der Waals surface area contributed by atoms with E-state index in [1.807, 2.05) is 80.0 Å². The highest BCUT2D eigenvalue weighted by atomic mass is 16.5. The number of nitrogens with one attached hydrogen (secondary N) is 2. The first-order valence-electron chi connectivity index (χ1n) is 8.98. The van der Waals surface area contributed by atoms with Crippen molar-refractivity contribution < 1.29 is 9.32 Å². The van der Waals surface area contributed by atoms with Crippen molar-refractivity contribution in [1.29, 1.82) is 0 Å². The predicted molar refractivity (Wildman–Crippen MR) is 108 cm³/mol. The van der Waals surface area contributed by atoms with Crippen LogP contribution in [0.15, 0.2) is 65.4 Å². The average Bonchev–Trinajstić information content (AvgIpc) is 3.28. The van der Waals surface area contributed by atoms with Crippen molar-refractivity contribution >= 4 is 23.2 Å². The number of aromatic nitrogens is 3. The van der Waals surface area contributed by atoms with E-state index in [2.05, 4.69) is 20.8 Å². The normalized spacial score (nSPS) is 11.5. The van der Waals surface area contributed by atoms with Gasteiger partial charge >= 0.3 is 6.03 Å². The Kier molecular flexibility index (Phi) is 4.35. The Morgan fingerprint density at radius 3 is 2.54 bits per heavy atom. The first-order valence-corrected chi connectivity index (χ1v) is 8.98. The topological polar surface area (TPSA) is 84.5 Å². The molecule has 0 saturated heterocycles. The Labute approximate surface area is 162 Å². The molecule has 0 unspecified atom stereocenters. The largest absolute Gasteiger partial charge is 0.359 e. The molecule has 2 amide bonds. The van der Waals surface area contributed by atoms with E-state index in [4.69, 9.17) is 4.52 Å². The highest BCUT2D eigenvalue weighted by Crippen LogP contribution is 2.25. The molecule has 0 saturated carbocycles.